The normalized spacial score (nSPS) is 28.2. The first-order chi connectivity index (χ1) is 43.9. The molecule has 2 fully saturated rings. The number of amides is 12. The van der Waals surface area contributed by atoms with Crippen molar-refractivity contribution in [3.05, 3.63) is 35.9 Å². The first kappa shape index (κ1) is 80.9. The van der Waals surface area contributed by atoms with Gasteiger partial charge in [0.15, 0.2) is 5.60 Å². The summed E-state index contributed by atoms with van der Waals surface area (Å²) in [4.78, 5) is 174. The van der Waals surface area contributed by atoms with Crippen molar-refractivity contribution >= 4 is 70.9 Å². The standard InChI is InChI=1S/C64H106N12O18/c1-14-16-17-18-22-25-39-29-44(81)69-45(32(3)4)56(86)73-49(51(82)34(7)8)58(88)70-46(33(5)6)61(91)75(13)50(35(9)15-2)59(89)67-41(26-27-77)53(83)74-52(64(12,94)63(65)93)60(90)72-48(37(11)79)62(92)76-31-40(80)30-43(76)55(85)68-42(28-38-23-20-19-21-24-38)54(84)71-47(36(10)78)57(87)66-39/h19-21,23-24,32-37,39-43,45-52,77-80,82,94H,14-18,22,25-31H2,1-13H3,(H2,65,93)(H,66,87)(H,67,89)(H,68,85)(H,69,81)(H,70,88)(H,71,84)(H,72,90)(H,73,86)(H,74,83)/t35-,36+,37+,39-,40+,41+,42-,43-,45-,46-,47-,48-,49-,50-,51+,52+,64+/m0/s1. The Morgan fingerprint density at radius 3 is 1.68 bits per heavy atom. The first-order valence-corrected chi connectivity index (χ1v) is 32.6. The zero-order valence-corrected chi connectivity index (χ0v) is 56.6. The molecule has 94 heavy (non-hydrogen) atoms. The number of nitrogens with zero attached hydrogens (tertiary/aromatic N) is 2. The van der Waals surface area contributed by atoms with Gasteiger partial charge in [0.05, 0.1) is 24.4 Å². The summed E-state index contributed by atoms with van der Waals surface area (Å²) in [5, 5.41) is 89.3. The highest BCUT2D eigenvalue weighted by molar-refractivity contribution is 6.02. The zero-order valence-electron chi connectivity index (χ0n) is 56.6. The number of fused-ring (bicyclic) bond motifs is 1. The van der Waals surface area contributed by atoms with E-state index in [1.54, 1.807) is 85.7 Å². The van der Waals surface area contributed by atoms with Crippen LogP contribution in [-0.2, 0) is 64.0 Å². The van der Waals surface area contributed by atoms with Gasteiger partial charge in [0, 0.05) is 45.5 Å². The maximum Gasteiger partial charge on any atom is 0.251 e. The average Bonchev–Trinajstić information content (AvgIpc) is 1.37. The molecular formula is C64H106N12O18. The number of carbonyl (C=O) groups is 12. The minimum absolute atomic E-state index is 0.211. The molecule has 2 aliphatic heterocycles. The second kappa shape index (κ2) is 37.6. The number of hydrogen-bond acceptors (Lipinski definition) is 18. The average molecular weight is 1330 g/mol. The van der Waals surface area contributed by atoms with Gasteiger partial charge in [-0.2, -0.15) is 0 Å². The van der Waals surface area contributed by atoms with Crippen molar-refractivity contribution in [3.63, 3.8) is 0 Å². The van der Waals surface area contributed by atoms with Gasteiger partial charge in [0.25, 0.3) is 5.91 Å². The van der Waals surface area contributed by atoms with E-state index in [2.05, 4.69) is 47.9 Å². The van der Waals surface area contributed by atoms with E-state index in [4.69, 9.17) is 5.73 Å². The van der Waals surface area contributed by atoms with E-state index in [-0.39, 0.29) is 19.3 Å². The number of primary amides is 1. The van der Waals surface area contributed by atoms with Gasteiger partial charge in [0.1, 0.15) is 60.4 Å². The molecule has 17 atom stereocenters. The first-order valence-electron chi connectivity index (χ1n) is 32.6. The second-order valence-corrected chi connectivity index (χ2v) is 26.3. The molecule has 30 heteroatoms. The number of nitrogens with two attached hydrogens (primary N) is 1. The summed E-state index contributed by atoms with van der Waals surface area (Å²) in [7, 11) is 1.25. The topological polar surface area (TPSA) is 467 Å². The van der Waals surface area contributed by atoms with Gasteiger partial charge in [-0.25, -0.2) is 0 Å². The number of aliphatic hydroxyl groups is 6. The van der Waals surface area contributed by atoms with Gasteiger partial charge in [-0.3, -0.25) is 57.5 Å². The van der Waals surface area contributed by atoms with Crippen LogP contribution in [0.2, 0.25) is 0 Å². The van der Waals surface area contributed by atoms with Crippen LogP contribution in [0.1, 0.15) is 153 Å². The molecule has 3 rings (SSSR count). The van der Waals surface area contributed by atoms with Crippen LogP contribution >= 0.6 is 0 Å². The summed E-state index contributed by atoms with van der Waals surface area (Å²) < 4.78 is 0. The van der Waals surface area contributed by atoms with Gasteiger partial charge >= 0.3 is 0 Å². The number of hydrogen-bond donors (Lipinski definition) is 16. The highest BCUT2D eigenvalue weighted by Gasteiger charge is 2.49. The molecule has 17 N–H and O–H groups in total. The van der Waals surface area contributed by atoms with Crippen molar-refractivity contribution in [3.8, 4) is 0 Å². The van der Waals surface area contributed by atoms with E-state index >= 15 is 0 Å². The molecule has 0 radical (unpaired) electrons. The molecule has 0 aliphatic carbocycles. The van der Waals surface area contributed by atoms with Crippen molar-refractivity contribution in [2.45, 2.75) is 250 Å². The van der Waals surface area contributed by atoms with Crippen molar-refractivity contribution in [2.75, 3.05) is 20.2 Å². The number of likely N-dealkylation sites (N-methyl/N-ethyl adjacent to an activating group) is 1. The summed E-state index contributed by atoms with van der Waals surface area (Å²) in [5.74, 6) is -16.0. The second-order valence-electron chi connectivity index (χ2n) is 26.3. The van der Waals surface area contributed by atoms with Gasteiger partial charge in [-0.1, -0.05) is 131 Å². The minimum atomic E-state index is -3.03. The van der Waals surface area contributed by atoms with Crippen molar-refractivity contribution in [2.24, 2.45) is 29.4 Å². The fourth-order valence-electron chi connectivity index (χ4n) is 11.2. The van der Waals surface area contributed by atoms with Crippen molar-refractivity contribution < 1.29 is 88.2 Å². The van der Waals surface area contributed by atoms with Crippen LogP contribution in [0.3, 0.4) is 0 Å². The summed E-state index contributed by atoms with van der Waals surface area (Å²) >= 11 is 0. The molecule has 1 aromatic carbocycles. The molecule has 30 nitrogen and oxygen atoms in total. The number of rotatable bonds is 20. The fourth-order valence-corrected chi connectivity index (χ4v) is 11.2. The summed E-state index contributed by atoms with van der Waals surface area (Å²) in [5.41, 5.74) is 3.02. The maximum atomic E-state index is 14.8. The molecule has 0 saturated carbocycles. The summed E-state index contributed by atoms with van der Waals surface area (Å²) in [6.07, 6.45) is -3.93. The molecule has 0 bridgehead atoms. The largest absolute Gasteiger partial charge is 0.396 e. The van der Waals surface area contributed by atoms with Crippen LogP contribution < -0.4 is 53.6 Å². The molecule has 530 valence electrons. The maximum absolute atomic E-state index is 14.8. The Balaban J connectivity index is 2.33. The van der Waals surface area contributed by atoms with E-state index in [0.717, 1.165) is 42.9 Å². The lowest BCUT2D eigenvalue weighted by atomic mass is 9.93. The zero-order chi connectivity index (χ0) is 71.2. The van der Waals surface area contributed by atoms with E-state index < -0.39 is 223 Å². The smallest absolute Gasteiger partial charge is 0.251 e. The number of nitrogens with one attached hydrogen (secondary N) is 9. The van der Waals surface area contributed by atoms with Crippen LogP contribution in [0.15, 0.2) is 30.3 Å². The number of benzene rings is 1. The van der Waals surface area contributed by atoms with E-state index in [1.807, 2.05) is 6.92 Å². The highest BCUT2D eigenvalue weighted by atomic mass is 16.3. The van der Waals surface area contributed by atoms with Crippen molar-refractivity contribution in [1.82, 2.24) is 57.7 Å². The Hall–Kier alpha value is -7.38. The molecule has 2 saturated heterocycles. The molecule has 1 aromatic rings. The molecule has 0 unspecified atom stereocenters. The van der Waals surface area contributed by atoms with Gasteiger partial charge in [0.2, 0.25) is 65.0 Å². The Labute approximate surface area is 550 Å². The van der Waals surface area contributed by atoms with Crippen LogP contribution in [0, 0.1) is 23.7 Å². The lowest BCUT2D eigenvalue weighted by Gasteiger charge is -2.37. The minimum Gasteiger partial charge on any atom is -0.396 e. The van der Waals surface area contributed by atoms with Gasteiger partial charge in [-0.15, -0.1) is 0 Å². The van der Waals surface area contributed by atoms with E-state index in [1.165, 1.54) is 14.0 Å². The number of unbranched alkanes of at least 4 members (excludes halogenated alkanes) is 4. The third-order valence-electron chi connectivity index (χ3n) is 17.3. The fraction of sp³-hybridized carbons (Fsp3) is 0.719. The molecule has 2 aliphatic rings. The van der Waals surface area contributed by atoms with Gasteiger partial charge < -0.3 is 94.0 Å². The monoisotopic (exact) mass is 1330 g/mol. The Morgan fingerprint density at radius 2 is 1.14 bits per heavy atom. The Bertz CT molecular complexity index is 2750. The summed E-state index contributed by atoms with van der Waals surface area (Å²) in [6.45, 7) is 16.5. The predicted molar refractivity (Wildman–Crippen MR) is 343 cm³/mol. The lowest BCUT2D eigenvalue weighted by molar-refractivity contribution is -0.150. The van der Waals surface area contributed by atoms with Crippen LogP contribution in [0.4, 0.5) is 0 Å². The summed E-state index contributed by atoms with van der Waals surface area (Å²) in [6, 6.07) is -10.1. The van der Waals surface area contributed by atoms with E-state index in [9.17, 15) is 88.2 Å². The highest BCUT2D eigenvalue weighted by Crippen LogP contribution is 2.24. The molecule has 0 spiro atoms. The van der Waals surface area contributed by atoms with Gasteiger partial charge in [-0.05, 0) is 62.8 Å². The predicted octanol–water partition coefficient (Wildman–Crippen LogP) is -3.10. The number of carbonyl (C=O) groups excluding carboxylic acids is 12. The van der Waals surface area contributed by atoms with Crippen LogP contribution in [0.25, 0.3) is 0 Å². The third-order valence-corrected chi connectivity index (χ3v) is 17.3. The molecule has 12 amide bonds. The molecule has 0 aromatic heterocycles. The Morgan fingerprint density at radius 1 is 0.606 bits per heavy atom. The Kier molecular flexibility index (Phi) is 32.4. The quantitative estimate of drug-likeness (QED) is 0.0575. The third kappa shape index (κ3) is 22.9. The SMILES string of the molecule is CCCCCCC[C@H]1CC(=O)N[C@@H](C(C)C)C(=O)N[C@@H]([C@H](O)C(C)C)C(=O)N[C@@H](C(C)C)C(=O)N(C)[C@@H]([C@@H](C)CC)C(=O)N[C@H](CCO)C(=O)N[C@@H]([C@@](C)(O)C(N)=O)C(=O)N[C@@H]([C@@H](C)O)C(=O)N2C[C@H](O)C[C@H]2C(=O)N[C@@H](Cc2ccccc2)C(=O)N[C@@H]([C@@H](C)O)C(=O)N1. The van der Waals surface area contributed by atoms with E-state index in [0.29, 0.717) is 18.4 Å². The van der Waals surface area contributed by atoms with Crippen LogP contribution in [0.5, 0.6) is 0 Å². The van der Waals surface area contributed by atoms with Crippen LogP contribution in [-0.4, -0.2) is 228 Å². The molecule has 2 heterocycles. The number of aliphatic hydroxyl groups excluding tert-OH is 5. The van der Waals surface area contributed by atoms with Crippen molar-refractivity contribution in [1.29, 1.82) is 0 Å². The lowest BCUT2D eigenvalue weighted by Crippen LogP contribution is -2.68. The molecular weight excluding hydrogens is 1220 g/mol.